The Morgan fingerprint density at radius 2 is 1.96 bits per heavy atom. The first-order valence-corrected chi connectivity index (χ1v) is 8.23. The van der Waals surface area contributed by atoms with Crippen molar-refractivity contribution in [3.8, 4) is 5.75 Å². The van der Waals surface area contributed by atoms with Crippen LogP contribution < -0.4 is 15.4 Å². The molecule has 2 rings (SSSR count). The Hall–Kier alpha value is -2.26. The van der Waals surface area contributed by atoms with Crippen LogP contribution in [0.2, 0.25) is 0 Å². The molecular formula is C16H18F3N3O2S. The van der Waals surface area contributed by atoms with E-state index >= 15 is 0 Å². The third-order valence-corrected chi connectivity index (χ3v) is 4.29. The summed E-state index contributed by atoms with van der Waals surface area (Å²) in [6.45, 7) is 0.307. The maximum absolute atomic E-state index is 12.4. The van der Waals surface area contributed by atoms with Crippen molar-refractivity contribution >= 4 is 23.1 Å². The van der Waals surface area contributed by atoms with Gasteiger partial charge in [-0.15, -0.1) is 24.5 Å². The van der Waals surface area contributed by atoms with Crippen LogP contribution in [0.1, 0.15) is 10.9 Å². The molecule has 9 heteroatoms. The summed E-state index contributed by atoms with van der Waals surface area (Å²) in [7, 11) is 3.77. The van der Waals surface area contributed by atoms with Crippen molar-refractivity contribution in [1.82, 2.24) is 10.2 Å². The number of urea groups is 1. The molecule has 136 valence electrons. The summed E-state index contributed by atoms with van der Waals surface area (Å²) in [4.78, 5) is 15.1. The number of carbonyl (C=O) groups is 1. The number of hydrogen-bond acceptors (Lipinski definition) is 4. The highest BCUT2D eigenvalue weighted by atomic mass is 32.1. The number of likely N-dealkylation sites (N-methyl/N-ethyl adjacent to an activating group) is 1. The van der Waals surface area contributed by atoms with Crippen molar-refractivity contribution in [2.45, 2.75) is 12.4 Å². The standard InChI is InChI=1S/C16H18F3N3O2S/c1-22(2)12(14-8-5-9-25-14)10-20-15(23)21-11-6-3-4-7-13(11)24-16(17,18)19/h3-9,12H,10H2,1-2H3,(H2,20,21,23)/t12-/m1/s1. The van der Waals surface area contributed by atoms with Crippen LogP contribution in [0.4, 0.5) is 23.7 Å². The number of halogens is 3. The van der Waals surface area contributed by atoms with Crippen LogP contribution in [0.15, 0.2) is 41.8 Å². The van der Waals surface area contributed by atoms with E-state index in [1.807, 2.05) is 36.5 Å². The summed E-state index contributed by atoms with van der Waals surface area (Å²) in [6.07, 6.45) is -4.83. The van der Waals surface area contributed by atoms with Gasteiger partial charge in [0.15, 0.2) is 5.75 Å². The molecule has 0 aliphatic rings. The van der Waals surface area contributed by atoms with Crippen LogP contribution in [0.3, 0.4) is 0 Å². The van der Waals surface area contributed by atoms with E-state index in [4.69, 9.17) is 0 Å². The highest BCUT2D eigenvalue weighted by molar-refractivity contribution is 7.10. The highest BCUT2D eigenvalue weighted by Crippen LogP contribution is 2.30. The molecule has 0 aliphatic carbocycles. The quantitative estimate of drug-likeness (QED) is 0.803. The lowest BCUT2D eigenvalue weighted by Crippen LogP contribution is -2.36. The number of amides is 2. The van der Waals surface area contributed by atoms with Crippen LogP contribution in [-0.2, 0) is 0 Å². The first-order chi connectivity index (χ1) is 11.8. The molecule has 2 amide bonds. The van der Waals surface area contributed by atoms with Gasteiger partial charge in [0, 0.05) is 11.4 Å². The number of anilines is 1. The molecular weight excluding hydrogens is 355 g/mol. The van der Waals surface area contributed by atoms with Gasteiger partial charge < -0.3 is 20.3 Å². The molecule has 0 saturated carbocycles. The summed E-state index contributed by atoms with van der Waals surface area (Å²) < 4.78 is 41.1. The Morgan fingerprint density at radius 1 is 1.24 bits per heavy atom. The van der Waals surface area contributed by atoms with Crippen LogP contribution in [0, 0.1) is 0 Å². The van der Waals surface area contributed by atoms with E-state index < -0.39 is 18.1 Å². The average molecular weight is 373 g/mol. The van der Waals surface area contributed by atoms with Crippen molar-refractivity contribution in [3.63, 3.8) is 0 Å². The minimum atomic E-state index is -4.83. The van der Waals surface area contributed by atoms with Crippen molar-refractivity contribution in [3.05, 3.63) is 46.7 Å². The Kier molecular flexibility index (Phi) is 6.27. The predicted octanol–water partition coefficient (Wildman–Crippen LogP) is 4.07. The van der Waals surface area contributed by atoms with Gasteiger partial charge in [-0.05, 0) is 37.7 Å². The van der Waals surface area contributed by atoms with Gasteiger partial charge >= 0.3 is 12.4 Å². The maximum Gasteiger partial charge on any atom is 0.573 e. The smallest absolute Gasteiger partial charge is 0.404 e. The lowest BCUT2D eigenvalue weighted by Gasteiger charge is -2.23. The van der Waals surface area contributed by atoms with Crippen LogP contribution >= 0.6 is 11.3 Å². The Bertz CT molecular complexity index is 690. The molecule has 0 radical (unpaired) electrons. The Labute approximate surface area is 147 Å². The number of para-hydroxylation sites is 2. The number of benzene rings is 1. The first kappa shape index (κ1) is 19.1. The SMILES string of the molecule is CN(C)[C@H](CNC(=O)Nc1ccccc1OC(F)(F)F)c1cccs1. The third-order valence-electron chi connectivity index (χ3n) is 3.31. The summed E-state index contributed by atoms with van der Waals surface area (Å²) in [5.41, 5.74) is -0.0603. The molecule has 0 bridgehead atoms. The Morgan fingerprint density at radius 3 is 2.56 bits per heavy atom. The van der Waals surface area contributed by atoms with Gasteiger partial charge in [-0.1, -0.05) is 18.2 Å². The lowest BCUT2D eigenvalue weighted by molar-refractivity contribution is -0.274. The number of thiophene rings is 1. The number of nitrogens with one attached hydrogen (secondary N) is 2. The number of hydrogen-bond donors (Lipinski definition) is 2. The zero-order valence-electron chi connectivity index (χ0n) is 13.6. The summed E-state index contributed by atoms with van der Waals surface area (Å²) in [5.74, 6) is -0.465. The minimum absolute atomic E-state index is 0.0348. The van der Waals surface area contributed by atoms with E-state index in [9.17, 15) is 18.0 Å². The van der Waals surface area contributed by atoms with E-state index in [-0.39, 0.29) is 11.7 Å². The van der Waals surface area contributed by atoms with E-state index in [0.717, 1.165) is 10.9 Å². The Balaban J connectivity index is 1.98. The van der Waals surface area contributed by atoms with Gasteiger partial charge in [-0.25, -0.2) is 4.79 Å². The van der Waals surface area contributed by atoms with Crippen LogP contribution in [-0.4, -0.2) is 37.9 Å². The van der Waals surface area contributed by atoms with E-state index in [0.29, 0.717) is 6.54 Å². The van der Waals surface area contributed by atoms with Gasteiger partial charge in [-0.3, -0.25) is 0 Å². The van der Waals surface area contributed by atoms with Crippen molar-refractivity contribution in [2.24, 2.45) is 0 Å². The monoisotopic (exact) mass is 373 g/mol. The summed E-state index contributed by atoms with van der Waals surface area (Å²) in [5, 5.41) is 6.99. The van der Waals surface area contributed by atoms with E-state index in [2.05, 4.69) is 15.4 Å². The molecule has 0 spiro atoms. The minimum Gasteiger partial charge on any atom is -0.404 e. The van der Waals surface area contributed by atoms with E-state index in [1.54, 1.807) is 11.3 Å². The second kappa shape index (κ2) is 8.21. The van der Waals surface area contributed by atoms with Gasteiger partial charge in [0.25, 0.3) is 0 Å². The highest BCUT2D eigenvalue weighted by Gasteiger charge is 2.32. The lowest BCUT2D eigenvalue weighted by atomic mass is 10.2. The van der Waals surface area contributed by atoms with Crippen molar-refractivity contribution < 1.29 is 22.7 Å². The molecule has 0 aliphatic heterocycles. The molecule has 0 fully saturated rings. The fourth-order valence-corrected chi connectivity index (χ4v) is 3.08. The van der Waals surface area contributed by atoms with Gasteiger partial charge in [-0.2, -0.15) is 0 Å². The van der Waals surface area contributed by atoms with E-state index in [1.165, 1.54) is 18.2 Å². The number of rotatable bonds is 6. The van der Waals surface area contributed by atoms with Gasteiger partial charge in [0.05, 0.1) is 11.7 Å². The zero-order valence-corrected chi connectivity index (χ0v) is 14.4. The number of ether oxygens (including phenoxy) is 1. The topological polar surface area (TPSA) is 53.6 Å². The predicted molar refractivity (Wildman–Crippen MR) is 90.9 cm³/mol. The normalized spacial score (nSPS) is 12.7. The molecule has 2 aromatic rings. The van der Waals surface area contributed by atoms with Crippen LogP contribution in [0.5, 0.6) is 5.75 Å². The molecule has 1 aromatic heterocycles. The fourth-order valence-electron chi connectivity index (χ4n) is 2.16. The summed E-state index contributed by atoms with van der Waals surface area (Å²) >= 11 is 1.57. The zero-order chi connectivity index (χ0) is 18.4. The maximum atomic E-state index is 12.4. The molecule has 25 heavy (non-hydrogen) atoms. The first-order valence-electron chi connectivity index (χ1n) is 7.35. The molecule has 2 N–H and O–H groups in total. The number of alkyl halides is 3. The van der Waals surface area contributed by atoms with Crippen LogP contribution in [0.25, 0.3) is 0 Å². The molecule has 5 nitrogen and oxygen atoms in total. The fraction of sp³-hybridized carbons (Fsp3) is 0.312. The summed E-state index contributed by atoms with van der Waals surface area (Å²) in [6, 6.07) is 8.61. The second-order valence-electron chi connectivity index (χ2n) is 5.37. The molecule has 0 saturated heterocycles. The van der Waals surface area contributed by atoms with Crippen molar-refractivity contribution in [1.29, 1.82) is 0 Å². The van der Waals surface area contributed by atoms with Crippen molar-refractivity contribution in [2.75, 3.05) is 26.0 Å². The third kappa shape index (κ3) is 5.95. The molecule has 0 unspecified atom stereocenters. The number of nitrogens with zero attached hydrogens (tertiary/aromatic N) is 1. The molecule has 1 aromatic carbocycles. The van der Waals surface area contributed by atoms with Gasteiger partial charge in [0.1, 0.15) is 0 Å². The number of carbonyl (C=O) groups excluding carboxylic acids is 1. The second-order valence-corrected chi connectivity index (χ2v) is 6.35. The molecule has 1 atom stereocenters. The largest absolute Gasteiger partial charge is 0.573 e. The molecule has 1 heterocycles. The average Bonchev–Trinajstić information content (AvgIpc) is 3.02. The van der Waals surface area contributed by atoms with Gasteiger partial charge in [0.2, 0.25) is 0 Å².